The maximum absolute atomic E-state index is 11.1. The van der Waals surface area contributed by atoms with Crippen LogP contribution in [0.3, 0.4) is 0 Å². The van der Waals surface area contributed by atoms with Crippen molar-refractivity contribution in [2.24, 2.45) is 11.8 Å². The second kappa shape index (κ2) is 18.8. The number of aliphatic hydroxyl groups excluding tert-OH is 2. The molecule has 0 aromatic heterocycles. The number of carboxylic acids is 1. The Balaban J connectivity index is 4.31. The molecule has 160 valence electrons. The third-order valence-corrected chi connectivity index (χ3v) is 4.02. The molecule has 0 aromatic rings. The summed E-state index contributed by atoms with van der Waals surface area (Å²) in [5.74, 6) is -1.36. The number of carbonyl (C=O) groups excluding carboxylic acids is 1. The molecule has 3 atom stereocenters. The minimum atomic E-state index is -0.816. The summed E-state index contributed by atoms with van der Waals surface area (Å²) in [6.45, 7) is 2.04. The largest absolute Gasteiger partial charge is 0.481 e. The Morgan fingerprint density at radius 1 is 0.897 bits per heavy atom. The number of rotatable bonds is 16. The second-order valence-electron chi connectivity index (χ2n) is 6.52. The van der Waals surface area contributed by atoms with Crippen LogP contribution in [0.15, 0.2) is 72.9 Å². The van der Waals surface area contributed by atoms with Gasteiger partial charge in [0.05, 0.1) is 12.0 Å². The highest BCUT2D eigenvalue weighted by Gasteiger charge is 2.13. The molecule has 29 heavy (non-hydrogen) atoms. The Hall–Kier alpha value is -2.50. The molecule has 0 aliphatic rings. The molecule has 0 bridgehead atoms. The van der Waals surface area contributed by atoms with E-state index in [1.54, 1.807) is 18.2 Å². The van der Waals surface area contributed by atoms with Gasteiger partial charge in [-0.2, -0.15) is 0 Å². The highest BCUT2D eigenvalue weighted by atomic mass is 16.4. The molecular formula is C24H34O5. The molecule has 0 aliphatic carbocycles. The van der Waals surface area contributed by atoms with Crippen LogP contribution in [-0.2, 0) is 9.59 Å². The summed E-state index contributed by atoms with van der Waals surface area (Å²) in [7, 11) is 0. The van der Waals surface area contributed by atoms with E-state index in [2.05, 4.69) is 0 Å². The number of hydrogen-bond acceptors (Lipinski definition) is 4. The fraction of sp³-hybridized carbons (Fsp3) is 0.417. The molecule has 5 nitrogen and oxygen atoms in total. The molecule has 0 radical (unpaired) electrons. The molecule has 0 spiro atoms. The second-order valence-corrected chi connectivity index (χ2v) is 6.52. The van der Waals surface area contributed by atoms with E-state index in [-0.39, 0.29) is 18.9 Å². The number of hydrogen-bond donors (Lipinski definition) is 3. The van der Waals surface area contributed by atoms with Crippen molar-refractivity contribution in [1.29, 1.82) is 0 Å². The maximum Gasteiger partial charge on any atom is 0.303 e. The van der Waals surface area contributed by atoms with Gasteiger partial charge in [0.25, 0.3) is 0 Å². The van der Waals surface area contributed by atoms with Crippen LogP contribution in [0.4, 0.5) is 0 Å². The van der Waals surface area contributed by atoms with Gasteiger partial charge in [-0.1, -0.05) is 79.8 Å². The lowest BCUT2D eigenvalue weighted by molar-refractivity contribution is -0.136. The van der Waals surface area contributed by atoms with Crippen molar-refractivity contribution in [1.82, 2.24) is 0 Å². The highest BCUT2D eigenvalue weighted by Crippen LogP contribution is 2.09. The van der Waals surface area contributed by atoms with E-state index in [0.717, 1.165) is 12.7 Å². The van der Waals surface area contributed by atoms with Gasteiger partial charge in [-0.25, -0.2) is 0 Å². The van der Waals surface area contributed by atoms with Gasteiger partial charge in [0.2, 0.25) is 0 Å². The first-order valence-electron chi connectivity index (χ1n) is 9.99. The van der Waals surface area contributed by atoms with E-state index in [4.69, 9.17) is 5.11 Å². The van der Waals surface area contributed by atoms with Crippen molar-refractivity contribution in [3.05, 3.63) is 72.9 Å². The summed E-state index contributed by atoms with van der Waals surface area (Å²) in [5.41, 5.74) is 0. The number of carboxylic acid groups (broad SMARTS) is 1. The Morgan fingerprint density at radius 3 is 2.10 bits per heavy atom. The third kappa shape index (κ3) is 16.2. The lowest BCUT2D eigenvalue weighted by atomic mass is 10.0. The molecule has 0 saturated heterocycles. The van der Waals surface area contributed by atoms with Crippen LogP contribution in [0.25, 0.3) is 0 Å². The number of aliphatic hydroxyl groups is 2. The molecule has 0 amide bonds. The summed E-state index contributed by atoms with van der Waals surface area (Å²) in [4.78, 5) is 21.5. The molecule has 0 saturated carbocycles. The summed E-state index contributed by atoms with van der Waals surface area (Å²) >= 11 is 0. The first-order valence-corrected chi connectivity index (χ1v) is 9.99. The van der Waals surface area contributed by atoms with Crippen LogP contribution in [0.5, 0.6) is 0 Å². The minimum Gasteiger partial charge on any atom is -0.481 e. The minimum absolute atomic E-state index is 0.0128. The lowest BCUT2D eigenvalue weighted by Gasteiger charge is -2.11. The molecule has 3 N–H and O–H groups in total. The molecule has 0 aromatic carbocycles. The van der Waals surface area contributed by atoms with Gasteiger partial charge in [0, 0.05) is 18.9 Å². The third-order valence-electron chi connectivity index (χ3n) is 4.02. The van der Waals surface area contributed by atoms with Crippen LogP contribution in [0, 0.1) is 11.8 Å². The Kier molecular flexibility index (Phi) is 17.2. The average Bonchev–Trinajstić information content (AvgIpc) is 2.70. The van der Waals surface area contributed by atoms with E-state index < -0.39 is 18.0 Å². The summed E-state index contributed by atoms with van der Waals surface area (Å²) < 4.78 is 0. The van der Waals surface area contributed by atoms with E-state index in [9.17, 15) is 19.8 Å². The maximum atomic E-state index is 11.1. The molecule has 2 unspecified atom stereocenters. The van der Waals surface area contributed by atoms with Crippen LogP contribution >= 0.6 is 0 Å². The zero-order valence-corrected chi connectivity index (χ0v) is 17.1. The number of allylic oxidation sites excluding steroid dienone is 9. The monoisotopic (exact) mass is 402 g/mol. The van der Waals surface area contributed by atoms with Crippen molar-refractivity contribution in [2.75, 3.05) is 6.61 Å². The van der Waals surface area contributed by atoms with Crippen LogP contribution in [-0.4, -0.2) is 40.3 Å². The average molecular weight is 403 g/mol. The van der Waals surface area contributed by atoms with Gasteiger partial charge in [0.1, 0.15) is 6.29 Å². The van der Waals surface area contributed by atoms with Gasteiger partial charge >= 0.3 is 5.97 Å². The van der Waals surface area contributed by atoms with Gasteiger partial charge < -0.3 is 20.1 Å². The Morgan fingerprint density at radius 2 is 1.52 bits per heavy atom. The first-order chi connectivity index (χ1) is 14.0. The van der Waals surface area contributed by atoms with Crippen molar-refractivity contribution < 1.29 is 24.9 Å². The van der Waals surface area contributed by atoms with E-state index >= 15 is 0 Å². The molecule has 5 heteroatoms. The topological polar surface area (TPSA) is 94.8 Å². The fourth-order valence-corrected chi connectivity index (χ4v) is 2.30. The molecule has 0 fully saturated rings. The van der Waals surface area contributed by atoms with Crippen LogP contribution in [0.1, 0.15) is 39.0 Å². The van der Waals surface area contributed by atoms with Crippen molar-refractivity contribution in [2.45, 2.75) is 45.1 Å². The highest BCUT2D eigenvalue weighted by molar-refractivity contribution is 5.66. The van der Waals surface area contributed by atoms with Gasteiger partial charge in [-0.05, 0) is 25.7 Å². The van der Waals surface area contributed by atoms with E-state index in [0.29, 0.717) is 19.3 Å². The zero-order chi connectivity index (χ0) is 21.7. The van der Waals surface area contributed by atoms with Crippen LogP contribution in [0.2, 0.25) is 0 Å². The van der Waals surface area contributed by atoms with E-state index in [1.807, 2.05) is 61.6 Å². The fourth-order valence-electron chi connectivity index (χ4n) is 2.30. The molecule has 0 rings (SSSR count). The number of aldehydes is 1. The quantitative estimate of drug-likeness (QED) is 0.205. The van der Waals surface area contributed by atoms with Crippen LogP contribution < -0.4 is 0 Å². The molecular weight excluding hydrogens is 368 g/mol. The smallest absolute Gasteiger partial charge is 0.303 e. The first kappa shape index (κ1) is 26.5. The zero-order valence-electron chi connectivity index (χ0n) is 17.1. The Labute approximate surface area is 174 Å². The number of aliphatic carboxylic acids is 1. The van der Waals surface area contributed by atoms with Crippen molar-refractivity contribution in [3.8, 4) is 0 Å². The Bertz CT molecular complexity index is 611. The van der Waals surface area contributed by atoms with E-state index in [1.165, 1.54) is 0 Å². The van der Waals surface area contributed by atoms with Gasteiger partial charge in [-0.15, -0.1) is 0 Å². The normalized spacial score (nSPS) is 16.1. The number of carbonyl (C=O) groups is 2. The summed E-state index contributed by atoms with van der Waals surface area (Å²) in [6.07, 6.45) is 24.6. The molecule has 0 aliphatic heterocycles. The van der Waals surface area contributed by atoms with Crippen molar-refractivity contribution in [3.63, 3.8) is 0 Å². The lowest BCUT2D eigenvalue weighted by Crippen LogP contribution is -2.18. The summed E-state index contributed by atoms with van der Waals surface area (Å²) in [5, 5.41) is 27.9. The van der Waals surface area contributed by atoms with Gasteiger partial charge in [0.15, 0.2) is 0 Å². The SMILES string of the molecule is CC/C=C\CC(O)[C@@H](C=O)/C=C/C=C\C=C/C=C/C(CO)C/C=C\CCC(=O)O. The standard InChI is InChI=1S/C24H34O5/c1-2-3-9-17-23(27)22(20-26)16-12-7-5-4-6-10-14-21(19-25)15-11-8-13-18-24(28)29/h3-12,14,16,20-23,25,27H,2,13,15,17-19H2,1H3,(H,28,29)/b6-4-,7-5-,9-3-,11-8-,14-10+,16-12+/t21?,22-,23?/m1/s1. The molecule has 0 heterocycles. The summed E-state index contributed by atoms with van der Waals surface area (Å²) in [6, 6.07) is 0. The van der Waals surface area contributed by atoms with Crippen molar-refractivity contribution >= 4 is 12.3 Å². The predicted molar refractivity (Wildman–Crippen MR) is 117 cm³/mol. The van der Waals surface area contributed by atoms with Gasteiger partial charge in [-0.3, -0.25) is 4.79 Å². The predicted octanol–water partition coefficient (Wildman–Crippen LogP) is 4.16.